The molecule has 0 saturated carbocycles. The number of carbonyl (C=O) groups excluding carboxylic acids is 2. The smallest absolute Gasteiger partial charge is 0.387 e. The zero-order chi connectivity index (χ0) is 30.8. The van der Waals surface area contributed by atoms with Gasteiger partial charge in [0.2, 0.25) is 11.8 Å². The van der Waals surface area contributed by atoms with Crippen molar-refractivity contribution >= 4 is 35.3 Å². The number of aliphatic imine (C=N–C) groups is 1. The van der Waals surface area contributed by atoms with Crippen LogP contribution in [0.15, 0.2) is 71.3 Å². The molecule has 13 heteroatoms. The average molecular weight is 602 g/mol. The number of halogens is 3. The average Bonchev–Trinajstić information content (AvgIpc) is 3.23. The van der Waals surface area contributed by atoms with Crippen LogP contribution in [0.1, 0.15) is 49.9 Å². The molecule has 1 aliphatic heterocycles. The van der Waals surface area contributed by atoms with Crippen LogP contribution in [0.2, 0.25) is 5.02 Å². The molecule has 3 atom stereocenters. The molecule has 0 saturated heterocycles. The molecule has 0 radical (unpaired) electrons. The first kappa shape index (κ1) is 30.8. The summed E-state index contributed by atoms with van der Waals surface area (Å²) in [5.41, 5.74) is 7.17. The second-order valence-electron chi connectivity index (χ2n) is 10.0. The van der Waals surface area contributed by atoms with Gasteiger partial charge in [0, 0.05) is 47.1 Å². The van der Waals surface area contributed by atoms with Crippen LogP contribution in [0.5, 0.6) is 5.75 Å². The lowest BCUT2D eigenvalue weighted by molar-refractivity contribution is -0.126. The summed E-state index contributed by atoms with van der Waals surface area (Å²) in [5.74, 6) is -1.67. The second-order valence-corrected chi connectivity index (χ2v) is 10.4. The van der Waals surface area contributed by atoms with E-state index in [1.54, 1.807) is 35.5 Å². The maximum Gasteiger partial charge on any atom is 0.387 e. The summed E-state index contributed by atoms with van der Waals surface area (Å²) in [7, 11) is 0. The van der Waals surface area contributed by atoms with Crippen molar-refractivity contribution in [2.75, 3.05) is 6.61 Å². The van der Waals surface area contributed by atoms with Crippen LogP contribution >= 0.6 is 11.6 Å². The van der Waals surface area contributed by atoms with E-state index in [1.807, 2.05) is 6.92 Å². The molecule has 0 bridgehead atoms. The molecule has 4 rings (SSSR count). The number of rotatable bonds is 10. The maximum atomic E-state index is 13.3. The number of pyridine rings is 1. The monoisotopic (exact) mass is 601 g/mol. The lowest BCUT2D eigenvalue weighted by Gasteiger charge is -2.31. The quantitative estimate of drug-likeness (QED) is 0.347. The summed E-state index contributed by atoms with van der Waals surface area (Å²) in [5, 5.41) is 13.3. The molecule has 10 nitrogen and oxygen atoms in total. The van der Waals surface area contributed by atoms with Crippen LogP contribution in [0.25, 0.3) is 5.70 Å². The molecule has 1 aromatic heterocycles. The molecule has 3 unspecified atom stereocenters. The number of hydrogen-bond acceptors (Lipinski definition) is 8. The first-order valence-corrected chi connectivity index (χ1v) is 13.2. The zero-order valence-electron chi connectivity index (χ0n) is 23.1. The predicted octanol–water partition coefficient (Wildman–Crippen LogP) is 4.17. The van der Waals surface area contributed by atoms with Gasteiger partial charge < -0.3 is 30.5 Å². The molecule has 0 fully saturated rings. The fraction of sp³-hybridized carbons (Fsp3) is 0.310. The number of aliphatic hydroxyl groups is 1. The van der Waals surface area contributed by atoms with Crippen LogP contribution in [0.4, 0.5) is 8.78 Å². The maximum absolute atomic E-state index is 13.3. The van der Waals surface area contributed by atoms with E-state index < -0.39 is 36.2 Å². The van der Waals surface area contributed by atoms with Gasteiger partial charge >= 0.3 is 6.61 Å². The highest BCUT2D eigenvalue weighted by Crippen LogP contribution is 2.48. The van der Waals surface area contributed by atoms with Crippen molar-refractivity contribution in [3.8, 4) is 5.75 Å². The van der Waals surface area contributed by atoms with Gasteiger partial charge in [0.25, 0.3) is 0 Å². The highest BCUT2D eigenvalue weighted by molar-refractivity contribution is 6.30. The highest BCUT2D eigenvalue weighted by Gasteiger charge is 2.39. The number of amides is 2. The number of nitrogens with one attached hydrogen (secondary N) is 1. The Morgan fingerprint density at radius 3 is 2.69 bits per heavy atom. The fourth-order valence-electron chi connectivity index (χ4n) is 5.00. The molecule has 42 heavy (non-hydrogen) atoms. The fourth-order valence-corrected chi connectivity index (χ4v) is 5.18. The Hall–Kier alpha value is -4.13. The van der Waals surface area contributed by atoms with Crippen LogP contribution < -0.4 is 15.8 Å². The van der Waals surface area contributed by atoms with E-state index in [4.69, 9.17) is 26.8 Å². The van der Waals surface area contributed by atoms with Crippen molar-refractivity contribution in [2.24, 2.45) is 10.7 Å². The molecule has 2 amide bonds. The van der Waals surface area contributed by atoms with Crippen molar-refractivity contribution in [3.63, 3.8) is 0 Å². The van der Waals surface area contributed by atoms with E-state index in [0.29, 0.717) is 33.2 Å². The van der Waals surface area contributed by atoms with Crippen LogP contribution in [0, 0.1) is 0 Å². The lowest BCUT2D eigenvalue weighted by atomic mass is 9.93. The molecule has 2 aromatic rings. The van der Waals surface area contributed by atoms with Gasteiger partial charge in [-0.15, -0.1) is 0 Å². The van der Waals surface area contributed by atoms with Crippen LogP contribution in [-0.4, -0.2) is 52.3 Å². The van der Waals surface area contributed by atoms with E-state index in [-0.39, 0.29) is 24.5 Å². The lowest BCUT2D eigenvalue weighted by Crippen LogP contribution is -2.42. The number of hydrogen-bond donors (Lipinski definition) is 3. The summed E-state index contributed by atoms with van der Waals surface area (Å²) in [4.78, 5) is 33.5. The number of nitrogens with zero attached hydrogens (tertiary/aromatic N) is 3. The number of alkyl halides is 2. The number of benzene rings is 1. The summed E-state index contributed by atoms with van der Waals surface area (Å²) < 4.78 is 37.3. The largest absolute Gasteiger partial charge is 0.435 e. The van der Waals surface area contributed by atoms with Crippen molar-refractivity contribution in [1.82, 2.24) is 15.2 Å². The molecule has 4 N–H and O–H groups in total. The van der Waals surface area contributed by atoms with E-state index in [9.17, 15) is 23.5 Å². The van der Waals surface area contributed by atoms with Crippen molar-refractivity contribution < 1.29 is 33.0 Å². The van der Waals surface area contributed by atoms with Crippen molar-refractivity contribution in [2.45, 2.75) is 51.6 Å². The number of primary amides is 1. The first-order chi connectivity index (χ1) is 19.8. The molecular weight excluding hydrogens is 572 g/mol. The molecular formula is C29H30ClF2N5O5. The molecule has 1 aliphatic carbocycles. The van der Waals surface area contributed by atoms with Crippen molar-refractivity contribution in [3.05, 3.63) is 88.1 Å². The van der Waals surface area contributed by atoms with Gasteiger partial charge in [-0.05, 0) is 56.2 Å². The number of ether oxygens (including phenoxy) is 2. The summed E-state index contributed by atoms with van der Waals surface area (Å²) in [6.45, 7) is 5.22. The SMILES string of the molecule is C=C1C=NC(c2ccc(C(C)(O)NC(C)=O)nc2)=CN1C1=C(C)C(OCC(N)=O)CC1c1cc(Cl)ccc1OC(F)F. The van der Waals surface area contributed by atoms with E-state index >= 15 is 0 Å². The van der Waals surface area contributed by atoms with Gasteiger partial charge in [-0.25, -0.2) is 0 Å². The number of aromatic nitrogens is 1. The standard InChI is InChI=1S/C29H30ClF2N5O5/c1-15-11-34-22(18-5-8-25(35-12-18)29(4,40)36-17(3)38)13-37(15)27-16(2)24(41-14-26(33)39)10-21(27)20-9-19(30)6-7-23(20)42-28(31)32/h5-9,11-13,21,24,28,40H,1,10,14H2,2-4H3,(H2,33,39)(H,36,38). The molecule has 0 spiro atoms. The number of allylic oxidation sites excluding steroid dienone is 2. The van der Waals surface area contributed by atoms with Gasteiger partial charge in [0.1, 0.15) is 12.4 Å². The third kappa shape index (κ3) is 6.84. The van der Waals surface area contributed by atoms with Crippen molar-refractivity contribution in [1.29, 1.82) is 0 Å². The molecule has 222 valence electrons. The molecule has 2 heterocycles. The third-order valence-electron chi connectivity index (χ3n) is 6.81. The Kier molecular flexibility index (Phi) is 9.09. The zero-order valence-corrected chi connectivity index (χ0v) is 23.9. The predicted molar refractivity (Wildman–Crippen MR) is 152 cm³/mol. The number of nitrogens with two attached hydrogens (primary N) is 1. The minimum atomic E-state index is -3.06. The van der Waals surface area contributed by atoms with Gasteiger partial charge in [0.15, 0.2) is 5.72 Å². The summed E-state index contributed by atoms with van der Waals surface area (Å²) in [6.07, 6.45) is 4.47. The van der Waals surface area contributed by atoms with Crippen LogP contribution in [0.3, 0.4) is 0 Å². The summed E-state index contributed by atoms with van der Waals surface area (Å²) in [6, 6.07) is 7.64. The minimum absolute atomic E-state index is 0.0493. The Labute approximate surface area is 246 Å². The minimum Gasteiger partial charge on any atom is -0.435 e. The van der Waals surface area contributed by atoms with E-state index in [2.05, 4.69) is 21.9 Å². The van der Waals surface area contributed by atoms with Gasteiger partial charge in [-0.2, -0.15) is 8.78 Å². The van der Waals surface area contributed by atoms with Gasteiger partial charge in [-0.1, -0.05) is 18.2 Å². The molecule has 1 aromatic carbocycles. The van der Waals surface area contributed by atoms with Gasteiger partial charge in [0.05, 0.1) is 29.4 Å². The Morgan fingerprint density at radius 2 is 2.07 bits per heavy atom. The third-order valence-corrected chi connectivity index (χ3v) is 7.04. The van der Waals surface area contributed by atoms with E-state index in [0.717, 1.165) is 5.57 Å². The first-order valence-electron chi connectivity index (χ1n) is 12.8. The topological polar surface area (TPSA) is 139 Å². The highest BCUT2D eigenvalue weighted by atomic mass is 35.5. The second kappa shape index (κ2) is 12.4. The Morgan fingerprint density at radius 1 is 1.33 bits per heavy atom. The normalized spacial score (nSPS) is 20.0. The van der Waals surface area contributed by atoms with E-state index in [1.165, 1.54) is 32.2 Å². The Bertz CT molecular complexity index is 1490. The summed E-state index contributed by atoms with van der Waals surface area (Å²) >= 11 is 6.28. The Balaban J connectivity index is 1.76. The van der Waals surface area contributed by atoms with Gasteiger partial charge in [-0.3, -0.25) is 19.6 Å². The van der Waals surface area contributed by atoms with Crippen LogP contribution in [-0.2, 0) is 20.1 Å². The molecule has 2 aliphatic rings. The number of carbonyl (C=O) groups is 2.